The predicted octanol–water partition coefficient (Wildman–Crippen LogP) is 24.8. The molecule has 0 aliphatic carbocycles. The van der Waals surface area contributed by atoms with Crippen LogP contribution in [0.15, 0.2) is 394 Å². The smallest absolute Gasteiger partial charge is 0.252 e. The second-order valence-electron chi connectivity index (χ2n) is 29.0. The van der Waals surface area contributed by atoms with Crippen LogP contribution in [0.25, 0.3) is 154 Å². The van der Waals surface area contributed by atoms with E-state index in [2.05, 4.69) is 422 Å². The molecule has 2 aliphatic rings. The van der Waals surface area contributed by atoms with Gasteiger partial charge in [0.2, 0.25) is 0 Å². The average molecular weight is 1390 g/mol. The van der Waals surface area contributed by atoms with Crippen molar-refractivity contribution >= 4 is 144 Å². The number of aromatic nitrogens is 4. The lowest BCUT2D eigenvalue weighted by Gasteiger charge is -2.45. The monoisotopic (exact) mass is 1380 g/mol. The van der Waals surface area contributed by atoms with E-state index in [9.17, 15) is 0 Å². The van der Waals surface area contributed by atoms with E-state index >= 15 is 0 Å². The van der Waals surface area contributed by atoms with Gasteiger partial charge >= 0.3 is 0 Å². The number of hydrogen-bond donors (Lipinski definition) is 0. The first-order valence-corrected chi connectivity index (χ1v) is 37.7. The van der Waals surface area contributed by atoms with Crippen molar-refractivity contribution in [3.05, 3.63) is 394 Å². The molecule has 23 rings (SSSR count). The second kappa shape index (κ2) is 24.1. The molecule has 0 N–H and O–H groups in total. The fourth-order valence-electron chi connectivity index (χ4n) is 18.8. The first-order valence-electron chi connectivity index (χ1n) is 37.7. The van der Waals surface area contributed by atoms with E-state index in [1.54, 1.807) is 0 Å². The molecule has 506 valence electrons. The lowest BCUT2D eigenvalue weighted by atomic mass is 9.33. The molecule has 4 aromatic heterocycles. The molecule has 0 unspecified atom stereocenters. The van der Waals surface area contributed by atoms with Crippen molar-refractivity contribution in [3.8, 4) is 67.3 Å². The zero-order chi connectivity index (χ0) is 71.4. The van der Waals surface area contributed by atoms with Gasteiger partial charge in [-0.2, -0.15) is 0 Å². The van der Waals surface area contributed by atoms with Crippen LogP contribution < -0.4 is 26.2 Å². The van der Waals surface area contributed by atoms with Gasteiger partial charge in [-0.25, -0.2) is 0 Å². The highest BCUT2D eigenvalue weighted by atomic mass is 15.2. The Hall–Kier alpha value is -14.4. The standard InChI is InChI=1S/C102H65BN6/c1-3-28-66(29-4-1)68-54-58-82(80-40-15-25-50-94(80)106-90-46-21-11-36-76(90)77-37-12-22-47-91(77)106)98(62-68)108-96-52-27-53-97-102(96)103(84-60-56-70(64-100(84)108)104-86-42-17-7-32-72(86)73-33-8-18-43-87(73)104)85-61-57-71(105-88-44-19-9-34-74(88)75-35-10-20-45-89(75)105)65-101(85)109(97)99-63-69(67-30-5-2-6-31-67)55-59-83(99)81-41-16-26-51-95(81)107-92-48-23-13-38-78(92)79-39-14-24-49-93(79)107/h1-65H. The minimum absolute atomic E-state index is 0.251. The van der Waals surface area contributed by atoms with E-state index in [0.717, 1.165) is 146 Å². The number of rotatable bonds is 10. The number of fused-ring (bicyclic) bond motifs is 16. The van der Waals surface area contributed by atoms with Crippen molar-refractivity contribution in [2.45, 2.75) is 0 Å². The molecule has 0 radical (unpaired) electrons. The summed E-state index contributed by atoms with van der Waals surface area (Å²) >= 11 is 0. The molecule has 0 saturated carbocycles. The Morgan fingerprint density at radius 1 is 0.165 bits per heavy atom. The molecule has 6 heterocycles. The molecule has 0 saturated heterocycles. The number of hydrogen-bond acceptors (Lipinski definition) is 2. The molecule has 17 aromatic carbocycles. The van der Waals surface area contributed by atoms with E-state index in [0.29, 0.717) is 0 Å². The molecule has 2 aliphatic heterocycles. The van der Waals surface area contributed by atoms with Gasteiger partial charge in [0, 0.05) is 99.5 Å². The van der Waals surface area contributed by atoms with Gasteiger partial charge in [-0.05, 0) is 148 Å². The molecule has 0 bridgehead atoms. The Kier molecular flexibility index (Phi) is 13.5. The maximum atomic E-state index is 2.65. The molecular weight excluding hydrogens is 1320 g/mol. The maximum absolute atomic E-state index is 2.65. The van der Waals surface area contributed by atoms with Crippen molar-refractivity contribution in [1.29, 1.82) is 0 Å². The average Bonchev–Trinajstić information content (AvgIpc) is 0.850. The van der Waals surface area contributed by atoms with E-state index in [4.69, 9.17) is 0 Å². The summed E-state index contributed by atoms with van der Waals surface area (Å²) in [5, 5.41) is 9.75. The van der Waals surface area contributed by atoms with Crippen LogP contribution in [0.2, 0.25) is 0 Å². The van der Waals surface area contributed by atoms with E-state index in [-0.39, 0.29) is 6.71 Å². The highest BCUT2D eigenvalue weighted by Crippen LogP contribution is 2.53. The number of nitrogens with zero attached hydrogens (tertiary/aromatic N) is 6. The van der Waals surface area contributed by atoms with Crippen LogP contribution in [0.5, 0.6) is 0 Å². The zero-order valence-electron chi connectivity index (χ0n) is 59.3. The van der Waals surface area contributed by atoms with Gasteiger partial charge < -0.3 is 28.1 Å². The summed E-state index contributed by atoms with van der Waals surface area (Å²) in [5.41, 5.74) is 32.7. The molecule has 109 heavy (non-hydrogen) atoms. The molecular formula is C102H65BN6. The molecule has 0 atom stereocenters. The SMILES string of the molecule is c1ccc(-c2ccc(-c3ccccc3-n3c4ccccc4c4ccccc43)c(N3c4cc(-n5c6ccccc6c6ccccc65)ccc4B4c5ccc(-n6c7ccccc7c7ccccc76)cc5N(c5cc(-c6ccccc6)ccc5-c5ccccc5-n5c6ccccc6c6ccccc65)c5cccc3c54)c2)cc1. The highest BCUT2D eigenvalue weighted by molar-refractivity contribution is 7.00. The van der Waals surface area contributed by atoms with Crippen LogP contribution in [-0.2, 0) is 0 Å². The second-order valence-corrected chi connectivity index (χ2v) is 29.0. The Morgan fingerprint density at radius 2 is 0.440 bits per heavy atom. The van der Waals surface area contributed by atoms with Crippen molar-refractivity contribution in [1.82, 2.24) is 18.3 Å². The quantitative estimate of drug-likeness (QED) is 0.128. The maximum Gasteiger partial charge on any atom is 0.252 e. The first-order chi connectivity index (χ1) is 54.1. The van der Waals surface area contributed by atoms with Gasteiger partial charge in [0.05, 0.1) is 66.9 Å². The summed E-state index contributed by atoms with van der Waals surface area (Å²) in [6, 6.07) is 147. The summed E-state index contributed by atoms with van der Waals surface area (Å²) in [6.07, 6.45) is 0. The van der Waals surface area contributed by atoms with E-state index in [1.165, 1.54) is 59.5 Å². The summed E-state index contributed by atoms with van der Waals surface area (Å²) in [6.45, 7) is -0.251. The fourth-order valence-corrected chi connectivity index (χ4v) is 18.8. The molecule has 6 nitrogen and oxygen atoms in total. The van der Waals surface area contributed by atoms with Gasteiger partial charge in [0.25, 0.3) is 6.71 Å². The summed E-state index contributed by atoms with van der Waals surface area (Å²) in [4.78, 5) is 5.31. The van der Waals surface area contributed by atoms with Crippen LogP contribution in [0, 0.1) is 0 Å². The molecule has 21 aromatic rings. The zero-order valence-corrected chi connectivity index (χ0v) is 59.3. The third-order valence-corrected chi connectivity index (χ3v) is 23.4. The van der Waals surface area contributed by atoms with Crippen molar-refractivity contribution in [3.63, 3.8) is 0 Å². The van der Waals surface area contributed by atoms with Gasteiger partial charge in [0.15, 0.2) is 0 Å². The minimum atomic E-state index is -0.251. The van der Waals surface area contributed by atoms with Gasteiger partial charge in [-0.1, -0.05) is 285 Å². The van der Waals surface area contributed by atoms with Gasteiger partial charge in [-0.15, -0.1) is 0 Å². The minimum Gasteiger partial charge on any atom is -0.311 e. The molecule has 0 spiro atoms. The van der Waals surface area contributed by atoms with Crippen LogP contribution in [0.1, 0.15) is 0 Å². The van der Waals surface area contributed by atoms with Crippen LogP contribution in [0.3, 0.4) is 0 Å². The number of anilines is 6. The molecule has 0 amide bonds. The van der Waals surface area contributed by atoms with Crippen molar-refractivity contribution in [2.75, 3.05) is 9.80 Å². The van der Waals surface area contributed by atoms with Crippen molar-refractivity contribution in [2.24, 2.45) is 0 Å². The van der Waals surface area contributed by atoms with Gasteiger partial charge in [-0.3, -0.25) is 0 Å². The Labute approximate surface area is 630 Å². The summed E-state index contributed by atoms with van der Waals surface area (Å²) in [5.74, 6) is 0. The highest BCUT2D eigenvalue weighted by Gasteiger charge is 2.45. The lowest BCUT2D eigenvalue weighted by Crippen LogP contribution is -2.61. The Balaban J connectivity index is 0.845. The molecule has 7 heteroatoms. The number of benzene rings is 17. The topological polar surface area (TPSA) is 26.2 Å². The summed E-state index contributed by atoms with van der Waals surface area (Å²) < 4.78 is 9.95. The van der Waals surface area contributed by atoms with Crippen LogP contribution in [-0.4, -0.2) is 25.0 Å². The summed E-state index contributed by atoms with van der Waals surface area (Å²) in [7, 11) is 0. The normalized spacial score (nSPS) is 12.5. The Bertz CT molecular complexity index is 6690. The third-order valence-electron chi connectivity index (χ3n) is 23.4. The first kappa shape index (κ1) is 61.0. The Morgan fingerprint density at radius 3 is 0.780 bits per heavy atom. The fraction of sp³-hybridized carbons (Fsp3) is 0. The van der Waals surface area contributed by atoms with Crippen LogP contribution in [0.4, 0.5) is 34.1 Å². The predicted molar refractivity (Wildman–Crippen MR) is 460 cm³/mol. The molecule has 0 fully saturated rings. The van der Waals surface area contributed by atoms with E-state index < -0.39 is 0 Å². The van der Waals surface area contributed by atoms with Gasteiger partial charge in [0.1, 0.15) is 0 Å². The largest absolute Gasteiger partial charge is 0.311 e. The van der Waals surface area contributed by atoms with Crippen molar-refractivity contribution < 1.29 is 0 Å². The lowest BCUT2D eigenvalue weighted by molar-refractivity contribution is 1.16. The third kappa shape index (κ3) is 9.11. The van der Waals surface area contributed by atoms with Crippen LogP contribution >= 0.6 is 0 Å². The number of para-hydroxylation sites is 10. The van der Waals surface area contributed by atoms with E-state index in [1.807, 2.05) is 0 Å².